The maximum atomic E-state index is 11.3. The second-order valence-corrected chi connectivity index (χ2v) is 5.66. The van der Waals surface area contributed by atoms with Crippen molar-refractivity contribution < 1.29 is 13.2 Å². The first-order valence-corrected chi connectivity index (χ1v) is 6.17. The Hall–Kier alpha value is -1.02. The molecule has 0 spiro atoms. The normalized spacial score (nSPS) is 15.3. The Bertz CT molecular complexity index is 340. The number of carbonyl (C=O) groups excluding carboxylic acids is 1. The minimum absolute atomic E-state index is 0.198. The topological polar surface area (TPSA) is 63.2 Å². The van der Waals surface area contributed by atoms with Crippen LogP contribution in [0.3, 0.4) is 0 Å². The first-order chi connectivity index (χ1) is 6.29. The number of nitrogens with one attached hydrogen (secondary N) is 1. The van der Waals surface area contributed by atoms with Gasteiger partial charge in [-0.3, -0.25) is 4.79 Å². The molecule has 4 nitrogen and oxygen atoms in total. The molecule has 0 fully saturated rings. The van der Waals surface area contributed by atoms with Crippen LogP contribution in [0.1, 0.15) is 20.3 Å². The molecule has 2 unspecified atom stereocenters. The van der Waals surface area contributed by atoms with Crippen LogP contribution in [0, 0.1) is 12.3 Å². The molecule has 0 bridgehead atoms. The Labute approximate surface area is 85.0 Å². The average molecular weight is 217 g/mol. The summed E-state index contributed by atoms with van der Waals surface area (Å²) in [6.45, 7) is 3.08. The van der Waals surface area contributed by atoms with Crippen LogP contribution in [0.15, 0.2) is 0 Å². The molecule has 0 aliphatic rings. The van der Waals surface area contributed by atoms with Crippen LogP contribution in [-0.4, -0.2) is 31.9 Å². The minimum Gasteiger partial charge on any atom is -0.352 e. The summed E-state index contributed by atoms with van der Waals surface area (Å²) < 4.78 is 22.0. The second kappa shape index (κ2) is 5.01. The Morgan fingerprint density at radius 1 is 1.50 bits per heavy atom. The molecule has 0 aromatic heterocycles. The smallest absolute Gasteiger partial charge is 0.238 e. The average Bonchev–Trinajstić information content (AvgIpc) is 2.01. The summed E-state index contributed by atoms with van der Waals surface area (Å²) in [6.07, 6.45) is 6.47. The zero-order valence-electron chi connectivity index (χ0n) is 8.57. The molecule has 2 atom stereocenters. The Kier molecular flexibility index (Phi) is 4.64. The van der Waals surface area contributed by atoms with Crippen molar-refractivity contribution in [2.45, 2.75) is 31.6 Å². The van der Waals surface area contributed by atoms with E-state index in [4.69, 9.17) is 6.42 Å². The van der Waals surface area contributed by atoms with Gasteiger partial charge < -0.3 is 5.32 Å². The molecule has 0 heterocycles. The van der Waals surface area contributed by atoms with Gasteiger partial charge in [-0.15, -0.1) is 12.3 Å². The van der Waals surface area contributed by atoms with Gasteiger partial charge in [-0.05, 0) is 13.8 Å². The summed E-state index contributed by atoms with van der Waals surface area (Å²) in [7, 11) is -3.33. The van der Waals surface area contributed by atoms with E-state index in [9.17, 15) is 13.2 Å². The number of hydrogen-bond donors (Lipinski definition) is 1. The van der Waals surface area contributed by atoms with Gasteiger partial charge in [0.1, 0.15) is 5.25 Å². The minimum atomic E-state index is -3.33. The van der Waals surface area contributed by atoms with Crippen LogP contribution in [0.5, 0.6) is 0 Å². The van der Waals surface area contributed by atoms with E-state index in [1.165, 1.54) is 6.92 Å². The van der Waals surface area contributed by atoms with Crippen molar-refractivity contribution in [3.63, 3.8) is 0 Å². The van der Waals surface area contributed by atoms with Gasteiger partial charge in [0.25, 0.3) is 0 Å². The fraction of sp³-hybridized carbons (Fsp3) is 0.667. The first-order valence-electron chi connectivity index (χ1n) is 4.21. The van der Waals surface area contributed by atoms with E-state index in [-0.39, 0.29) is 6.04 Å². The standard InChI is InChI=1S/C9H15NO3S/c1-5-6-7(2)10-9(11)8(3)14(4,12)13/h1,7-8H,6H2,2-4H3,(H,10,11). The third-order valence-corrected chi connectivity index (χ3v) is 3.32. The quantitative estimate of drug-likeness (QED) is 0.671. The maximum absolute atomic E-state index is 11.3. The number of hydrogen-bond acceptors (Lipinski definition) is 3. The highest BCUT2D eigenvalue weighted by molar-refractivity contribution is 7.92. The molecular formula is C9H15NO3S. The van der Waals surface area contributed by atoms with Gasteiger partial charge >= 0.3 is 0 Å². The summed E-state index contributed by atoms with van der Waals surface area (Å²) >= 11 is 0. The number of amides is 1. The van der Waals surface area contributed by atoms with E-state index in [0.29, 0.717) is 6.42 Å². The van der Waals surface area contributed by atoms with Gasteiger partial charge in [-0.2, -0.15) is 0 Å². The number of terminal acetylenes is 1. The second-order valence-electron chi connectivity index (χ2n) is 3.29. The molecule has 1 N–H and O–H groups in total. The molecule has 14 heavy (non-hydrogen) atoms. The highest BCUT2D eigenvalue weighted by Crippen LogP contribution is 1.99. The predicted molar refractivity (Wildman–Crippen MR) is 55.4 cm³/mol. The number of carbonyl (C=O) groups is 1. The van der Waals surface area contributed by atoms with Gasteiger partial charge in [0, 0.05) is 18.7 Å². The van der Waals surface area contributed by atoms with Crippen LogP contribution < -0.4 is 5.32 Å². The van der Waals surface area contributed by atoms with Crippen molar-refractivity contribution in [2.75, 3.05) is 6.26 Å². The Balaban J connectivity index is 4.31. The predicted octanol–water partition coefficient (Wildman–Crippen LogP) is -0.0525. The largest absolute Gasteiger partial charge is 0.352 e. The van der Waals surface area contributed by atoms with Crippen molar-refractivity contribution in [1.82, 2.24) is 5.32 Å². The van der Waals surface area contributed by atoms with Crippen LogP contribution in [0.2, 0.25) is 0 Å². The van der Waals surface area contributed by atoms with Crippen LogP contribution in [0.25, 0.3) is 0 Å². The highest BCUT2D eigenvalue weighted by Gasteiger charge is 2.24. The summed E-state index contributed by atoms with van der Waals surface area (Å²) in [5.74, 6) is 1.88. The summed E-state index contributed by atoms with van der Waals surface area (Å²) in [5.41, 5.74) is 0. The summed E-state index contributed by atoms with van der Waals surface area (Å²) in [5, 5.41) is 1.50. The van der Waals surface area contributed by atoms with Gasteiger partial charge in [-0.25, -0.2) is 8.42 Å². The number of rotatable bonds is 4. The maximum Gasteiger partial charge on any atom is 0.238 e. The summed E-state index contributed by atoms with van der Waals surface area (Å²) in [6, 6.07) is -0.198. The van der Waals surface area contributed by atoms with Crippen LogP contribution >= 0.6 is 0 Å². The highest BCUT2D eigenvalue weighted by atomic mass is 32.2. The van der Waals surface area contributed by atoms with Crippen molar-refractivity contribution in [1.29, 1.82) is 0 Å². The van der Waals surface area contributed by atoms with E-state index in [1.54, 1.807) is 6.92 Å². The van der Waals surface area contributed by atoms with Crippen LogP contribution in [-0.2, 0) is 14.6 Å². The monoisotopic (exact) mass is 217 g/mol. The molecule has 1 amide bonds. The molecular weight excluding hydrogens is 202 g/mol. The molecule has 5 heteroatoms. The molecule has 80 valence electrons. The van der Waals surface area contributed by atoms with Gasteiger partial charge in [-0.1, -0.05) is 0 Å². The van der Waals surface area contributed by atoms with E-state index in [2.05, 4.69) is 11.2 Å². The lowest BCUT2D eigenvalue weighted by molar-refractivity contribution is -0.120. The van der Waals surface area contributed by atoms with Crippen molar-refractivity contribution >= 4 is 15.7 Å². The Morgan fingerprint density at radius 3 is 2.36 bits per heavy atom. The SMILES string of the molecule is C#CCC(C)NC(=O)C(C)S(C)(=O)=O. The third kappa shape index (κ3) is 4.28. The molecule has 0 aromatic carbocycles. The zero-order valence-corrected chi connectivity index (χ0v) is 9.39. The van der Waals surface area contributed by atoms with Crippen molar-refractivity contribution in [2.24, 2.45) is 0 Å². The zero-order chi connectivity index (χ0) is 11.4. The van der Waals surface area contributed by atoms with Gasteiger partial charge in [0.05, 0.1) is 0 Å². The van der Waals surface area contributed by atoms with E-state index in [1.807, 2.05) is 0 Å². The lowest BCUT2D eigenvalue weighted by atomic mass is 10.2. The molecule has 0 saturated carbocycles. The van der Waals surface area contributed by atoms with Crippen LogP contribution in [0.4, 0.5) is 0 Å². The molecule has 0 radical (unpaired) electrons. The van der Waals surface area contributed by atoms with E-state index >= 15 is 0 Å². The molecule has 0 rings (SSSR count). The lowest BCUT2D eigenvalue weighted by Crippen LogP contribution is -2.41. The third-order valence-electron chi connectivity index (χ3n) is 1.82. The lowest BCUT2D eigenvalue weighted by Gasteiger charge is -2.14. The van der Waals surface area contributed by atoms with E-state index < -0.39 is 21.0 Å². The van der Waals surface area contributed by atoms with Crippen molar-refractivity contribution in [3.8, 4) is 12.3 Å². The molecule has 0 saturated heterocycles. The molecule has 0 aliphatic carbocycles. The van der Waals surface area contributed by atoms with Gasteiger partial charge in [0.15, 0.2) is 9.84 Å². The Morgan fingerprint density at radius 2 is 2.00 bits per heavy atom. The summed E-state index contributed by atoms with van der Waals surface area (Å²) in [4.78, 5) is 11.3. The van der Waals surface area contributed by atoms with Crippen molar-refractivity contribution in [3.05, 3.63) is 0 Å². The number of sulfone groups is 1. The fourth-order valence-corrected chi connectivity index (χ4v) is 1.24. The fourth-order valence-electron chi connectivity index (χ4n) is 0.782. The first kappa shape index (κ1) is 13.0. The van der Waals surface area contributed by atoms with E-state index in [0.717, 1.165) is 6.26 Å². The molecule has 0 aliphatic heterocycles. The van der Waals surface area contributed by atoms with Gasteiger partial charge in [0.2, 0.25) is 5.91 Å². The molecule has 0 aromatic rings.